The Morgan fingerprint density at radius 3 is 2.47 bits per heavy atom. The molecule has 0 fully saturated rings. The van der Waals surface area contributed by atoms with E-state index >= 15 is 0 Å². The summed E-state index contributed by atoms with van der Waals surface area (Å²) in [6.45, 7) is 0. The predicted molar refractivity (Wildman–Crippen MR) is 79.4 cm³/mol. The lowest BCUT2D eigenvalue weighted by Crippen LogP contribution is -2.02. The van der Waals surface area contributed by atoms with Gasteiger partial charge in [0.15, 0.2) is 0 Å². The Kier molecular flexibility index (Phi) is 4.50. The van der Waals surface area contributed by atoms with E-state index < -0.39 is 5.97 Å². The Morgan fingerprint density at radius 1 is 1.16 bits per heavy atom. The smallest absolute Gasteiger partial charge is 0.340 e. The van der Waals surface area contributed by atoms with Crippen molar-refractivity contribution in [3.05, 3.63) is 52.5 Å². The van der Waals surface area contributed by atoms with Crippen molar-refractivity contribution in [1.29, 1.82) is 0 Å². The van der Waals surface area contributed by atoms with E-state index in [2.05, 4.69) is 15.9 Å². The normalized spacial score (nSPS) is 10.2. The minimum atomic E-state index is -0.994. The Balaban J connectivity index is 2.46. The number of halogens is 1. The van der Waals surface area contributed by atoms with Gasteiger partial charge in [-0.2, -0.15) is 0 Å². The number of para-hydroxylation sites is 1. The van der Waals surface area contributed by atoms with Gasteiger partial charge in [0.2, 0.25) is 0 Å². The van der Waals surface area contributed by atoms with Gasteiger partial charge in [0.25, 0.3) is 0 Å². The molecule has 2 aromatic rings. The molecule has 2 rings (SSSR count). The highest BCUT2D eigenvalue weighted by atomic mass is 79.9. The van der Waals surface area contributed by atoms with Gasteiger partial charge < -0.3 is 9.84 Å². The second-order valence-corrected chi connectivity index (χ2v) is 5.37. The van der Waals surface area contributed by atoms with Crippen molar-refractivity contribution >= 4 is 33.7 Å². The molecule has 0 aromatic heterocycles. The summed E-state index contributed by atoms with van der Waals surface area (Å²) in [4.78, 5) is 12.0. The molecule has 0 amide bonds. The fourth-order valence-electron chi connectivity index (χ4n) is 1.62. The summed E-state index contributed by atoms with van der Waals surface area (Å²) in [7, 11) is 0. The molecule has 98 valence electrons. The molecule has 0 unspecified atom stereocenters. The molecule has 0 heterocycles. The highest BCUT2D eigenvalue weighted by Gasteiger charge is 2.17. The zero-order valence-corrected chi connectivity index (χ0v) is 12.5. The minimum absolute atomic E-state index is 0.186. The summed E-state index contributed by atoms with van der Waals surface area (Å²) in [5, 5.41) is 9.32. The summed E-state index contributed by atoms with van der Waals surface area (Å²) in [5.41, 5.74) is 0.186. The molecular formula is C14H11BrO3S. The van der Waals surface area contributed by atoms with E-state index in [1.54, 1.807) is 24.3 Å². The lowest BCUT2D eigenvalue weighted by atomic mass is 10.2. The summed E-state index contributed by atoms with van der Waals surface area (Å²) in [6, 6.07) is 12.5. The molecule has 2 aromatic carbocycles. The Morgan fingerprint density at radius 2 is 1.84 bits per heavy atom. The zero-order valence-electron chi connectivity index (χ0n) is 10.1. The van der Waals surface area contributed by atoms with E-state index in [9.17, 15) is 9.90 Å². The molecule has 5 heteroatoms. The van der Waals surface area contributed by atoms with Gasteiger partial charge in [-0.15, -0.1) is 11.8 Å². The third kappa shape index (κ3) is 3.11. The molecule has 3 nitrogen and oxygen atoms in total. The average Bonchev–Trinajstić information content (AvgIpc) is 2.40. The number of hydrogen-bond donors (Lipinski definition) is 1. The van der Waals surface area contributed by atoms with Crippen molar-refractivity contribution in [2.75, 3.05) is 6.26 Å². The monoisotopic (exact) mass is 338 g/mol. The van der Waals surface area contributed by atoms with Crippen LogP contribution in [0.1, 0.15) is 10.4 Å². The molecule has 19 heavy (non-hydrogen) atoms. The number of rotatable bonds is 4. The van der Waals surface area contributed by atoms with E-state index in [-0.39, 0.29) is 5.56 Å². The Bertz CT molecular complexity index is 613. The van der Waals surface area contributed by atoms with Gasteiger partial charge in [-0.1, -0.05) is 18.2 Å². The standard InChI is InChI=1S/C14H11BrO3S/c1-19-12-8-4-7-11(13(12)14(16)17)18-10-6-3-2-5-9(10)15/h2-8H,1H3,(H,16,17). The Hall–Kier alpha value is -1.46. The van der Waals surface area contributed by atoms with E-state index in [0.29, 0.717) is 16.4 Å². The first-order valence-electron chi connectivity index (χ1n) is 5.46. The van der Waals surface area contributed by atoms with E-state index in [0.717, 1.165) is 4.47 Å². The Labute approximate surface area is 123 Å². The molecular weight excluding hydrogens is 328 g/mol. The maximum absolute atomic E-state index is 11.4. The third-order valence-electron chi connectivity index (χ3n) is 2.48. The van der Waals surface area contributed by atoms with Crippen LogP contribution in [0.4, 0.5) is 0 Å². The van der Waals surface area contributed by atoms with Crippen LogP contribution in [0, 0.1) is 0 Å². The number of thioether (sulfide) groups is 1. The number of carbonyl (C=O) groups is 1. The molecule has 0 atom stereocenters. The number of carboxylic acid groups (broad SMARTS) is 1. The molecule has 0 spiro atoms. The summed E-state index contributed by atoms with van der Waals surface area (Å²) in [5.74, 6) is -0.0680. The van der Waals surface area contributed by atoms with Crippen LogP contribution in [0.5, 0.6) is 11.5 Å². The molecule has 0 aliphatic carbocycles. The van der Waals surface area contributed by atoms with Crippen molar-refractivity contribution in [3.8, 4) is 11.5 Å². The first kappa shape index (κ1) is 14.0. The van der Waals surface area contributed by atoms with Gasteiger partial charge >= 0.3 is 5.97 Å². The molecule has 0 aliphatic rings. The van der Waals surface area contributed by atoms with E-state index in [1.807, 2.05) is 24.5 Å². The van der Waals surface area contributed by atoms with Gasteiger partial charge in [-0.25, -0.2) is 4.79 Å². The molecule has 0 radical (unpaired) electrons. The maximum Gasteiger partial charge on any atom is 0.340 e. The predicted octanol–water partition coefficient (Wildman–Crippen LogP) is 4.66. The van der Waals surface area contributed by atoms with Gasteiger partial charge in [-0.05, 0) is 46.5 Å². The lowest BCUT2D eigenvalue weighted by Gasteiger charge is -2.12. The summed E-state index contributed by atoms with van der Waals surface area (Å²) < 4.78 is 6.48. The van der Waals surface area contributed by atoms with E-state index in [1.165, 1.54) is 11.8 Å². The van der Waals surface area contributed by atoms with Crippen LogP contribution in [0.25, 0.3) is 0 Å². The number of benzene rings is 2. The lowest BCUT2D eigenvalue weighted by molar-refractivity contribution is 0.0690. The van der Waals surface area contributed by atoms with Crippen LogP contribution >= 0.6 is 27.7 Å². The third-order valence-corrected chi connectivity index (χ3v) is 3.91. The van der Waals surface area contributed by atoms with Crippen LogP contribution in [0.15, 0.2) is 51.8 Å². The second-order valence-electron chi connectivity index (χ2n) is 3.67. The number of hydrogen-bond acceptors (Lipinski definition) is 3. The molecule has 0 saturated carbocycles. The molecule has 0 aliphatic heterocycles. The van der Waals surface area contributed by atoms with Gasteiger partial charge in [0, 0.05) is 4.90 Å². The fraction of sp³-hybridized carbons (Fsp3) is 0.0714. The van der Waals surface area contributed by atoms with Crippen molar-refractivity contribution in [2.24, 2.45) is 0 Å². The maximum atomic E-state index is 11.4. The number of aromatic carboxylic acids is 1. The largest absolute Gasteiger partial charge is 0.478 e. The second kappa shape index (κ2) is 6.12. The first-order chi connectivity index (χ1) is 9.13. The van der Waals surface area contributed by atoms with Crippen LogP contribution in [0.3, 0.4) is 0 Å². The summed E-state index contributed by atoms with van der Waals surface area (Å²) in [6.07, 6.45) is 1.84. The highest BCUT2D eigenvalue weighted by molar-refractivity contribution is 9.10. The quantitative estimate of drug-likeness (QED) is 0.823. The van der Waals surface area contributed by atoms with Crippen LogP contribution < -0.4 is 4.74 Å². The van der Waals surface area contributed by atoms with E-state index in [4.69, 9.17) is 4.74 Å². The fourth-order valence-corrected chi connectivity index (χ4v) is 2.60. The van der Waals surface area contributed by atoms with Gasteiger partial charge in [0.1, 0.15) is 17.1 Å². The number of ether oxygens (including phenoxy) is 1. The van der Waals surface area contributed by atoms with Crippen molar-refractivity contribution in [2.45, 2.75) is 4.90 Å². The topological polar surface area (TPSA) is 46.5 Å². The van der Waals surface area contributed by atoms with Crippen LogP contribution in [-0.2, 0) is 0 Å². The molecule has 0 saturated heterocycles. The zero-order chi connectivity index (χ0) is 13.8. The van der Waals surface area contributed by atoms with Crippen molar-refractivity contribution in [1.82, 2.24) is 0 Å². The highest BCUT2D eigenvalue weighted by Crippen LogP contribution is 2.34. The minimum Gasteiger partial charge on any atom is -0.478 e. The number of carboxylic acids is 1. The molecule has 1 N–H and O–H groups in total. The molecule has 0 bridgehead atoms. The van der Waals surface area contributed by atoms with Crippen molar-refractivity contribution in [3.63, 3.8) is 0 Å². The first-order valence-corrected chi connectivity index (χ1v) is 7.48. The van der Waals surface area contributed by atoms with Crippen LogP contribution in [-0.4, -0.2) is 17.3 Å². The van der Waals surface area contributed by atoms with Crippen LogP contribution in [0.2, 0.25) is 0 Å². The SMILES string of the molecule is CSc1cccc(Oc2ccccc2Br)c1C(=O)O. The van der Waals surface area contributed by atoms with Gasteiger partial charge in [0.05, 0.1) is 4.47 Å². The summed E-state index contributed by atoms with van der Waals surface area (Å²) >= 11 is 4.75. The van der Waals surface area contributed by atoms with Crippen molar-refractivity contribution < 1.29 is 14.6 Å². The average molecular weight is 339 g/mol. The van der Waals surface area contributed by atoms with Gasteiger partial charge in [-0.3, -0.25) is 0 Å².